The van der Waals surface area contributed by atoms with Gasteiger partial charge in [-0.2, -0.15) is 5.10 Å². The molecule has 4 rings (SSSR count). The number of amidine groups is 1. The largest absolute Gasteiger partial charge is 0.497 e. The minimum absolute atomic E-state index is 0.160. The first-order valence-electron chi connectivity index (χ1n) is 12.6. The number of hydrazone groups is 1. The minimum atomic E-state index is -0.742. The first-order chi connectivity index (χ1) is 18.9. The van der Waals surface area contributed by atoms with Gasteiger partial charge >= 0.3 is 11.9 Å². The van der Waals surface area contributed by atoms with Gasteiger partial charge in [0.1, 0.15) is 5.75 Å². The summed E-state index contributed by atoms with van der Waals surface area (Å²) in [7, 11) is 1.57. The molecule has 0 radical (unpaired) electrons. The number of carbonyl (C=O) groups is 3. The molecule has 1 fully saturated rings. The number of nitrogens with one attached hydrogen (secondary N) is 1. The Labute approximate surface area is 231 Å². The summed E-state index contributed by atoms with van der Waals surface area (Å²) >= 11 is 1.11. The molecule has 39 heavy (non-hydrogen) atoms. The molecule has 1 unspecified atom stereocenters. The lowest BCUT2D eigenvalue weighted by atomic mass is 9.94. The lowest BCUT2D eigenvalue weighted by Gasteiger charge is -2.32. The smallest absolute Gasteiger partial charge is 0.338 e. The van der Waals surface area contributed by atoms with E-state index < -0.39 is 17.9 Å². The van der Waals surface area contributed by atoms with Crippen LogP contribution in [0.2, 0.25) is 0 Å². The third-order valence-electron chi connectivity index (χ3n) is 6.05. The van der Waals surface area contributed by atoms with E-state index >= 15 is 0 Å². The number of hydrogen-bond acceptors (Lipinski definition) is 10. The Morgan fingerprint density at radius 3 is 2.41 bits per heavy atom. The molecule has 2 aliphatic rings. The van der Waals surface area contributed by atoms with Gasteiger partial charge in [-0.1, -0.05) is 25.5 Å². The van der Waals surface area contributed by atoms with Gasteiger partial charge in [-0.15, -0.1) is 0 Å². The van der Waals surface area contributed by atoms with E-state index in [-0.39, 0.29) is 23.2 Å². The first-order valence-corrected chi connectivity index (χ1v) is 13.4. The van der Waals surface area contributed by atoms with E-state index in [4.69, 9.17) is 14.2 Å². The summed E-state index contributed by atoms with van der Waals surface area (Å²) in [5.41, 5.74) is 5.34. The van der Waals surface area contributed by atoms with E-state index in [1.54, 1.807) is 69.5 Å². The van der Waals surface area contributed by atoms with Crippen molar-refractivity contribution in [1.82, 2.24) is 4.90 Å². The Bertz CT molecular complexity index is 1330. The maximum atomic E-state index is 13.6. The van der Waals surface area contributed by atoms with Gasteiger partial charge in [-0.3, -0.25) is 15.1 Å². The summed E-state index contributed by atoms with van der Waals surface area (Å²) in [4.78, 5) is 44.6. The number of rotatable bonds is 10. The Kier molecular flexibility index (Phi) is 9.03. The van der Waals surface area contributed by atoms with Crippen LogP contribution in [0.15, 0.2) is 69.9 Å². The highest BCUT2D eigenvalue weighted by Gasteiger charge is 2.46. The molecule has 1 N–H and O–H groups in total. The highest BCUT2D eigenvalue weighted by Crippen LogP contribution is 2.42. The molecule has 204 valence electrons. The molecular weight excluding hydrogens is 520 g/mol. The monoisotopic (exact) mass is 550 g/mol. The van der Waals surface area contributed by atoms with Crippen LogP contribution in [-0.4, -0.2) is 53.3 Å². The third-order valence-corrected chi connectivity index (χ3v) is 6.98. The number of amides is 1. The molecular formula is C28H30N4O6S. The SMILES string of the molecule is CCCCOC(=O)c1ccc(N/N=C2/SC3=NC(C)=C(C(=O)OCC)C(c4ccc(OC)cc4)N3C2=O)cc1. The predicted molar refractivity (Wildman–Crippen MR) is 150 cm³/mol. The standard InChI is InChI=1S/C28H30N4O6S/c1-5-7-16-38-26(34)19-8-12-20(13-9-19)30-31-24-25(33)32-23(18-10-14-21(36-4)15-11-18)22(27(35)37-6-2)17(3)29-28(32)39-24/h8-15,23,30H,5-7,16H2,1-4H3/b31-24+. The number of allylic oxidation sites excluding steroid dienone is 1. The van der Waals surface area contributed by atoms with E-state index in [9.17, 15) is 14.4 Å². The van der Waals surface area contributed by atoms with Gasteiger partial charge in [0.2, 0.25) is 0 Å². The minimum Gasteiger partial charge on any atom is -0.497 e. The molecule has 11 heteroatoms. The van der Waals surface area contributed by atoms with E-state index in [0.29, 0.717) is 40.0 Å². The fraction of sp³-hybridized carbons (Fsp3) is 0.321. The lowest BCUT2D eigenvalue weighted by Crippen LogP contribution is -2.40. The number of esters is 2. The first kappa shape index (κ1) is 27.9. The van der Waals surface area contributed by atoms with Gasteiger partial charge in [-0.05, 0) is 74.0 Å². The Morgan fingerprint density at radius 2 is 1.77 bits per heavy atom. The van der Waals surface area contributed by atoms with E-state index in [1.807, 2.05) is 6.92 Å². The van der Waals surface area contributed by atoms with Gasteiger partial charge in [0.15, 0.2) is 10.2 Å². The predicted octanol–water partition coefficient (Wildman–Crippen LogP) is 4.90. The van der Waals surface area contributed by atoms with Crippen molar-refractivity contribution in [2.24, 2.45) is 10.1 Å². The van der Waals surface area contributed by atoms with Crippen molar-refractivity contribution in [3.05, 3.63) is 70.9 Å². The van der Waals surface area contributed by atoms with Crippen LogP contribution in [0.25, 0.3) is 0 Å². The van der Waals surface area contributed by atoms with Crippen LogP contribution in [0.4, 0.5) is 5.69 Å². The van der Waals surface area contributed by atoms with Crippen molar-refractivity contribution in [3.8, 4) is 5.75 Å². The summed E-state index contributed by atoms with van der Waals surface area (Å²) in [6.07, 6.45) is 1.75. The van der Waals surface area contributed by atoms with E-state index in [1.165, 1.54) is 4.90 Å². The number of hydrogen-bond donors (Lipinski definition) is 1. The number of unbranched alkanes of at least 4 members (excludes halogenated alkanes) is 1. The molecule has 0 aromatic heterocycles. The average Bonchev–Trinajstić information content (AvgIpc) is 3.26. The maximum absolute atomic E-state index is 13.6. The molecule has 2 aromatic carbocycles. The van der Waals surface area contributed by atoms with E-state index in [2.05, 4.69) is 15.5 Å². The summed E-state index contributed by atoms with van der Waals surface area (Å²) in [6.45, 7) is 6.05. The van der Waals surface area contributed by atoms with Gasteiger partial charge in [-0.25, -0.2) is 14.6 Å². The molecule has 1 atom stereocenters. The summed E-state index contributed by atoms with van der Waals surface area (Å²) < 4.78 is 15.8. The van der Waals surface area contributed by atoms with Crippen LogP contribution in [0.1, 0.15) is 55.6 Å². The second-order valence-corrected chi connectivity index (χ2v) is 9.62. The highest BCUT2D eigenvalue weighted by atomic mass is 32.2. The topological polar surface area (TPSA) is 119 Å². The molecule has 1 saturated heterocycles. The van der Waals surface area contributed by atoms with Crippen LogP contribution < -0.4 is 10.2 Å². The zero-order valence-electron chi connectivity index (χ0n) is 22.2. The van der Waals surface area contributed by atoms with Crippen molar-refractivity contribution in [2.45, 2.75) is 39.7 Å². The van der Waals surface area contributed by atoms with Gasteiger partial charge in [0, 0.05) is 0 Å². The Balaban J connectivity index is 1.57. The van der Waals surface area contributed by atoms with Gasteiger partial charge < -0.3 is 14.2 Å². The molecule has 1 amide bonds. The summed E-state index contributed by atoms with van der Waals surface area (Å²) in [6, 6.07) is 13.0. The zero-order chi connectivity index (χ0) is 27.9. The van der Waals surface area contributed by atoms with Crippen LogP contribution in [0.3, 0.4) is 0 Å². The van der Waals surface area contributed by atoms with Crippen LogP contribution in [0, 0.1) is 0 Å². The quantitative estimate of drug-likeness (QED) is 0.252. The second kappa shape index (κ2) is 12.6. The van der Waals surface area contributed by atoms with Crippen LogP contribution in [0.5, 0.6) is 5.75 Å². The van der Waals surface area contributed by atoms with Crippen molar-refractivity contribution < 1.29 is 28.6 Å². The van der Waals surface area contributed by atoms with Crippen LogP contribution in [-0.2, 0) is 19.1 Å². The number of benzene rings is 2. The molecule has 0 spiro atoms. The van der Waals surface area contributed by atoms with Gasteiger partial charge in [0.25, 0.3) is 5.91 Å². The second-order valence-electron chi connectivity index (χ2n) is 8.66. The highest BCUT2D eigenvalue weighted by molar-refractivity contribution is 8.29. The van der Waals surface area contributed by atoms with Crippen LogP contribution >= 0.6 is 11.8 Å². The van der Waals surface area contributed by atoms with Crippen molar-refractivity contribution >= 4 is 45.5 Å². The van der Waals surface area contributed by atoms with Crippen molar-refractivity contribution in [2.75, 3.05) is 25.7 Å². The number of nitrogens with zero attached hydrogens (tertiary/aromatic N) is 3. The van der Waals surface area contributed by atoms with Gasteiger partial charge in [0.05, 0.1) is 48.9 Å². The molecule has 0 bridgehead atoms. The number of carbonyl (C=O) groups excluding carboxylic acids is 3. The number of thioether (sulfide) groups is 1. The number of methoxy groups -OCH3 is 1. The van der Waals surface area contributed by atoms with E-state index in [0.717, 1.165) is 24.6 Å². The lowest BCUT2D eigenvalue weighted by molar-refractivity contribution is -0.139. The van der Waals surface area contributed by atoms with Crippen molar-refractivity contribution in [1.29, 1.82) is 0 Å². The van der Waals surface area contributed by atoms with Crippen molar-refractivity contribution in [3.63, 3.8) is 0 Å². The number of aliphatic imine (C=N–C) groups is 1. The number of fused-ring (bicyclic) bond motifs is 1. The summed E-state index contributed by atoms with van der Waals surface area (Å²) in [5.74, 6) is -0.677. The molecule has 0 aliphatic carbocycles. The molecule has 2 heterocycles. The number of anilines is 1. The zero-order valence-corrected chi connectivity index (χ0v) is 23.0. The summed E-state index contributed by atoms with van der Waals surface area (Å²) in [5, 5.41) is 4.88. The Morgan fingerprint density at radius 1 is 1.05 bits per heavy atom. The fourth-order valence-corrected chi connectivity index (χ4v) is 4.95. The molecule has 10 nitrogen and oxygen atoms in total. The molecule has 2 aromatic rings. The normalized spacial score (nSPS) is 17.6. The third kappa shape index (κ3) is 6.14. The molecule has 0 saturated carbocycles. The molecule has 2 aliphatic heterocycles. The maximum Gasteiger partial charge on any atom is 0.338 e. The Hall–Kier alpha value is -4.12. The average molecular weight is 551 g/mol. The number of ether oxygens (including phenoxy) is 3. The fourth-order valence-electron chi connectivity index (χ4n) is 4.03.